The minimum Gasteiger partial charge on any atom is -0.404 e. The van der Waals surface area contributed by atoms with Crippen molar-refractivity contribution in [1.29, 1.82) is 0 Å². The lowest BCUT2D eigenvalue weighted by Gasteiger charge is -2.22. The molecule has 0 aromatic rings. The Morgan fingerprint density at radius 2 is 2.29 bits per heavy atom. The van der Waals surface area contributed by atoms with E-state index in [4.69, 9.17) is 5.73 Å². The maximum absolute atomic E-state index is 5.52. The molecule has 0 unspecified atom stereocenters. The molecule has 4 heteroatoms. The second-order valence-electron chi connectivity index (χ2n) is 3.99. The molecule has 14 heavy (non-hydrogen) atoms. The lowest BCUT2D eigenvalue weighted by molar-refractivity contribution is 0.449. The maximum atomic E-state index is 5.52. The second-order valence-corrected chi connectivity index (χ2v) is 3.99. The summed E-state index contributed by atoms with van der Waals surface area (Å²) in [5, 5.41) is 6.60. The van der Waals surface area contributed by atoms with Crippen LogP contribution in [0.1, 0.15) is 12.8 Å². The number of hydrogen-bond acceptors (Lipinski definition) is 4. The van der Waals surface area contributed by atoms with Gasteiger partial charge in [-0.3, -0.25) is 4.99 Å². The highest BCUT2D eigenvalue weighted by molar-refractivity contribution is 5.79. The summed E-state index contributed by atoms with van der Waals surface area (Å²) in [6.07, 6.45) is 6.16. The second kappa shape index (κ2) is 4.57. The Morgan fingerprint density at radius 1 is 1.50 bits per heavy atom. The Hall–Kier alpha value is -0.870. The minimum atomic E-state index is 0.464. The molecular formula is C10H18N4. The van der Waals surface area contributed by atoms with Crippen LogP contribution in [0.5, 0.6) is 0 Å². The summed E-state index contributed by atoms with van der Waals surface area (Å²) in [4.78, 5) is 4.42. The van der Waals surface area contributed by atoms with Crippen LogP contribution in [0.4, 0.5) is 0 Å². The Morgan fingerprint density at radius 3 is 2.79 bits per heavy atom. The van der Waals surface area contributed by atoms with Gasteiger partial charge in [0.2, 0.25) is 0 Å². The summed E-state index contributed by atoms with van der Waals surface area (Å²) in [6.45, 7) is 2.86. The van der Waals surface area contributed by atoms with E-state index in [0.29, 0.717) is 6.04 Å². The molecule has 0 aromatic carbocycles. The van der Waals surface area contributed by atoms with E-state index < -0.39 is 0 Å². The molecule has 0 spiro atoms. The fourth-order valence-electron chi connectivity index (χ4n) is 1.28. The summed E-state index contributed by atoms with van der Waals surface area (Å²) in [6, 6.07) is 1.19. The van der Waals surface area contributed by atoms with Crippen molar-refractivity contribution < 1.29 is 0 Å². The van der Waals surface area contributed by atoms with Crippen molar-refractivity contribution in [2.75, 3.05) is 19.6 Å². The van der Waals surface area contributed by atoms with E-state index in [9.17, 15) is 0 Å². The number of nitrogens with one attached hydrogen (secondary N) is 2. The van der Waals surface area contributed by atoms with Gasteiger partial charge in [-0.1, -0.05) is 0 Å². The first-order valence-corrected chi connectivity index (χ1v) is 5.26. The van der Waals surface area contributed by atoms with E-state index in [1.165, 1.54) is 12.8 Å². The average molecular weight is 194 g/mol. The minimum absolute atomic E-state index is 0.464. The van der Waals surface area contributed by atoms with Gasteiger partial charge >= 0.3 is 0 Å². The van der Waals surface area contributed by atoms with E-state index >= 15 is 0 Å². The molecule has 78 valence electrons. The van der Waals surface area contributed by atoms with Crippen LogP contribution >= 0.6 is 0 Å². The van der Waals surface area contributed by atoms with Gasteiger partial charge in [-0.15, -0.1) is 0 Å². The lowest BCUT2D eigenvalue weighted by atomic mass is 10.2. The predicted molar refractivity (Wildman–Crippen MR) is 58.4 cm³/mol. The zero-order valence-electron chi connectivity index (χ0n) is 8.37. The first-order valence-electron chi connectivity index (χ1n) is 5.26. The average Bonchev–Trinajstić information content (AvgIpc) is 2.91. The molecule has 1 aliphatic heterocycles. The summed E-state index contributed by atoms with van der Waals surface area (Å²) in [5.74, 6) is 0. The zero-order valence-corrected chi connectivity index (χ0v) is 8.37. The van der Waals surface area contributed by atoms with Crippen molar-refractivity contribution >= 4 is 6.21 Å². The van der Waals surface area contributed by atoms with Crippen LogP contribution < -0.4 is 16.4 Å². The summed E-state index contributed by atoms with van der Waals surface area (Å²) in [5.41, 5.74) is 6.60. The van der Waals surface area contributed by atoms with Crippen molar-refractivity contribution in [3.63, 3.8) is 0 Å². The van der Waals surface area contributed by atoms with Gasteiger partial charge in [0.15, 0.2) is 0 Å². The summed E-state index contributed by atoms with van der Waals surface area (Å²) in [7, 11) is 0. The van der Waals surface area contributed by atoms with E-state index in [2.05, 4.69) is 15.6 Å². The van der Waals surface area contributed by atoms with Crippen LogP contribution in [0.2, 0.25) is 0 Å². The number of nitrogens with two attached hydrogens (primary N) is 1. The first-order chi connectivity index (χ1) is 6.88. The molecule has 4 nitrogen and oxygen atoms in total. The van der Waals surface area contributed by atoms with Crippen LogP contribution in [0.15, 0.2) is 16.8 Å². The highest BCUT2D eigenvalue weighted by Crippen LogP contribution is 2.18. The Balaban J connectivity index is 1.70. The van der Waals surface area contributed by atoms with Gasteiger partial charge in [0, 0.05) is 31.9 Å². The van der Waals surface area contributed by atoms with Crippen LogP contribution in [0, 0.1) is 0 Å². The monoisotopic (exact) mass is 194 g/mol. The van der Waals surface area contributed by atoms with Crippen molar-refractivity contribution in [3.8, 4) is 0 Å². The van der Waals surface area contributed by atoms with Crippen LogP contribution in [-0.4, -0.2) is 37.9 Å². The molecule has 0 amide bonds. The summed E-state index contributed by atoms with van der Waals surface area (Å²) >= 11 is 0. The van der Waals surface area contributed by atoms with Crippen molar-refractivity contribution in [3.05, 3.63) is 11.8 Å². The number of hydrogen-bond donors (Lipinski definition) is 3. The third-order valence-corrected chi connectivity index (χ3v) is 2.60. The molecule has 1 saturated carbocycles. The molecule has 0 aromatic heterocycles. The molecule has 0 atom stereocenters. The molecule has 2 rings (SSSR count). The van der Waals surface area contributed by atoms with Crippen molar-refractivity contribution in [2.24, 2.45) is 10.7 Å². The SMILES string of the molecule is NC=C(C=NC1CNC1)CNC1CC1. The standard InChI is InChI=1S/C10H18N4/c11-3-8(4-13-9-1-2-9)5-14-10-6-12-7-10/h3,5,9-10,12-13H,1-2,4,6-7,11H2. The first kappa shape index (κ1) is 9.68. The smallest absolute Gasteiger partial charge is 0.0748 e. The van der Waals surface area contributed by atoms with E-state index in [-0.39, 0.29) is 0 Å². The normalized spacial score (nSPS) is 24.1. The maximum Gasteiger partial charge on any atom is 0.0748 e. The Kier molecular flexibility index (Phi) is 3.16. The van der Waals surface area contributed by atoms with Gasteiger partial charge in [0.05, 0.1) is 6.04 Å². The third kappa shape index (κ3) is 2.82. The quantitative estimate of drug-likeness (QED) is 0.523. The van der Waals surface area contributed by atoms with Crippen LogP contribution in [0.3, 0.4) is 0 Å². The fourth-order valence-corrected chi connectivity index (χ4v) is 1.28. The molecule has 4 N–H and O–H groups in total. The molecule has 0 bridgehead atoms. The lowest BCUT2D eigenvalue weighted by Crippen LogP contribution is -2.45. The zero-order chi connectivity index (χ0) is 9.80. The summed E-state index contributed by atoms with van der Waals surface area (Å²) < 4.78 is 0. The van der Waals surface area contributed by atoms with Crippen LogP contribution in [0.25, 0.3) is 0 Å². The molecule has 1 heterocycles. The van der Waals surface area contributed by atoms with E-state index in [1.807, 2.05) is 6.21 Å². The molecule has 1 saturated heterocycles. The number of aliphatic imine (C=N–C) groups is 1. The van der Waals surface area contributed by atoms with Crippen molar-refractivity contribution in [1.82, 2.24) is 10.6 Å². The molecule has 0 radical (unpaired) electrons. The highest BCUT2D eigenvalue weighted by Gasteiger charge is 2.20. The van der Waals surface area contributed by atoms with E-state index in [0.717, 1.165) is 31.2 Å². The van der Waals surface area contributed by atoms with Crippen LogP contribution in [-0.2, 0) is 0 Å². The number of rotatable bonds is 5. The topological polar surface area (TPSA) is 62.4 Å². The third-order valence-electron chi connectivity index (χ3n) is 2.60. The number of nitrogens with zero attached hydrogens (tertiary/aromatic N) is 1. The Labute approximate surface area is 84.7 Å². The molecule has 2 fully saturated rings. The fraction of sp³-hybridized carbons (Fsp3) is 0.700. The molecule has 2 aliphatic rings. The molecular weight excluding hydrogens is 176 g/mol. The largest absolute Gasteiger partial charge is 0.404 e. The Bertz CT molecular complexity index is 239. The predicted octanol–water partition coefficient (Wildman–Crippen LogP) is -0.376. The highest BCUT2D eigenvalue weighted by atomic mass is 15.0. The van der Waals surface area contributed by atoms with Gasteiger partial charge in [0.25, 0.3) is 0 Å². The van der Waals surface area contributed by atoms with Gasteiger partial charge in [-0.05, 0) is 24.6 Å². The van der Waals surface area contributed by atoms with Gasteiger partial charge in [0.1, 0.15) is 0 Å². The van der Waals surface area contributed by atoms with Crippen molar-refractivity contribution in [2.45, 2.75) is 24.9 Å². The molecule has 1 aliphatic carbocycles. The van der Waals surface area contributed by atoms with Gasteiger partial charge in [-0.2, -0.15) is 0 Å². The van der Waals surface area contributed by atoms with E-state index in [1.54, 1.807) is 6.20 Å². The van der Waals surface area contributed by atoms with Gasteiger partial charge < -0.3 is 16.4 Å². The van der Waals surface area contributed by atoms with Gasteiger partial charge in [-0.25, -0.2) is 0 Å².